The predicted octanol–water partition coefficient (Wildman–Crippen LogP) is 1.35. The summed E-state index contributed by atoms with van der Waals surface area (Å²) >= 11 is 0. The van der Waals surface area contributed by atoms with Crippen molar-refractivity contribution in [2.75, 3.05) is 4.90 Å². The number of allylic oxidation sites excluding steroid dienone is 2. The normalized spacial score (nSPS) is 21.0. The Bertz CT molecular complexity index is 1090. The number of aromatic nitrogens is 3. The van der Waals surface area contributed by atoms with Gasteiger partial charge in [-0.2, -0.15) is 10.1 Å². The molecule has 9 nitrogen and oxygen atoms in total. The van der Waals surface area contributed by atoms with Gasteiger partial charge in [0.1, 0.15) is 18.0 Å². The number of amides is 1. The van der Waals surface area contributed by atoms with E-state index in [4.69, 9.17) is 11.6 Å². The van der Waals surface area contributed by atoms with E-state index in [1.54, 1.807) is 6.07 Å². The molecule has 1 unspecified atom stereocenters. The van der Waals surface area contributed by atoms with Gasteiger partial charge < -0.3 is 5.73 Å². The fourth-order valence-corrected chi connectivity index (χ4v) is 4.28. The van der Waals surface area contributed by atoms with E-state index >= 15 is 0 Å². The van der Waals surface area contributed by atoms with Gasteiger partial charge in [0, 0.05) is 23.6 Å². The minimum Gasteiger partial charge on any atom is -0.384 e. The van der Waals surface area contributed by atoms with Gasteiger partial charge >= 0.3 is 0 Å². The van der Waals surface area contributed by atoms with Crippen LogP contribution in [0.5, 0.6) is 0 Å². The molecule has 2 aliphatic rings. The lowest BCUT2D eigenvalue weighted by Gasteiger charge is -2.43. The average Bonchev–Trinajstić information content (AvgIpc) is 3.19. The SMILES string of the molecule is CC1(C)CC(=O)C2=C(C1)N(c1ncn[nH]1)C(N)=C(C(=O)NN)C2c1cccc(F)c1. The van der Waals surface area contributed by atoms with E-state index in [1.807, 2.05) is 13.8 Å². The molecule has 1 aliphatic heterocycles. The number of nitrogens with two attached hydrogens (primary N) is 2. The van der Waals surface area contributed by atoms with Gasteiger partial charge in [-0.3, -0.25) is 19.9 Å². The van der Waals surface area contributed by atoms with Gasteiger partial charge in [-0.25, -0.2) is 15.3 Å². The Morgan fingerprint density at radius 1 is 1.37 bits per heavy atom. The van der Waals surface area contributed by atoms with Gasteiger partial charge in [-0.05, 0) is 29.5 Å². The molecule has 0 radical (unpaired) electrons. The minimum absolute atomic E-state index is 0.0475. The summed E-state index contributed by atoms with van der Waals surface area (Å²) in [5, 5.41) is 6.60. The molecule has 1 aromatic heterocycles. The van der Waals surface area contributed by atoms with Crippen LogP contribution in [0.1, 0.15) is 38.2 Å². The molecule has 10 heteroatoms. The van der Waals surface area contributed by atoms with Gasteiger partial charge in [-0.15, -0.1) is 0 Å². The van der Waals surface area contributed by atoms with Crippen LogP contribution in [0.15, 0.2) is 53.3 Å². The Morgan fingerprint density at radius 2 is 2.13 bits per heavy atom. The van der Waals surface area contributed by atoms with Crippen LogP contribution in [0.2, 0.25) is 0 Å². The monoisotopic (exact) mass is 411 g/mol. The lowest BCUT2D eigenvalue weighted by Crippen LogP contribution is -2.46. The van der Waals surface area contributed by atoms with Gasteiger partial charge in [0.15, 0.2) is 5.78 Å². The zero-order valence-electron chi connectivity index (χ0n) is 16.6. The molecule has 0 fully saturated rings. The zero-order valence-corrected chi connectivity index (χ0v) is 16.6. The van der Waals surface area contributed by atoms with E-state index in [1.165, 1.54) is 29.4 Å². The second-order valence-corrected chi connectivity index (χ2v) is 8.21. The maximum Gasteiger partial charge on any atom is 0.265 e. The number of H-pyrrole nitrogens is 1. The number of carbonyl (C=O) groups is 2. The quantitative estimate of drug-likeness (QED) is 0.339. The Kier molecular flexibility index (Phi) is 4.65. The molecule has 2 aromatic rings. The number of hydrazine groups is 1. The first kappa shape index (κ1) is 19.8. The lowest BCUT2D eigenvalue weighted by atomic mass is 9.68. The molecule has 2 heterocycles. The van der Waals surface area contributed by atoms with E-state index < -0.39 is 17.6 Å². The van der Waals surface area contributed by atoms with Crippen molar-refractivity contribution < 1.29 is 14.0 Å². The van der Waals surface area contributed by atoms with Crippen LogP contribution in [0.4, 0.5) is 10.3 Å². The highest BCUT2D eigenvalue weighted by Gasteiger charge is 2.46. The number of nitrogens with one attached hydrogen (secondary N) is 2. The molecule has 1 aliphatic carbocycles. The van der Waals surface area contributed by atoms with Gasteiger partial charge in [0.2, 0.25) is 5.95 Å². The number of nitrogens with zero attached hydrogens (tertiary/aromatic N) is 3. The third-order valence-electron chi connectivity index (χ3n) is 5.43. The van der Waals surface area contributed by atoms with E-state index in [0.717, 1.165) is 0 Å². The Labute approximate surface area is 172 Å². The Morgan fingerprint density at radius 3 is 2.77 bits per heavy atom. The number of anilines is 1. The van der Waals surface area contributed by atoms with E-state index in [2.05, 4.69) is 20.6 Å². The van der Waals surface area contributed by atoms with Crippen molar-refractivity contribution in [3.8, 4) is 0 Å². The number of hydrogen-bond donors (Lipinski definition) is 4. The summed E-state index contributed by atoms with van der Waals surface area (Å²) in [5.41, 5.74) is 9.69. The molecule has 1 atom stereocenters. The largest absolute Gasteiger partial charge is 0.384 e. The zero-order chi connectivity index (χ0) is 21.6. The first-order valence-electron chi connectivity index (χ1n) is 9.41. The van der Waals surface area contributed by atoms with Gasteiger partial charge in [-0.1, -0.05) is 26.0 Å². The van der Waals surface area contributed by atoms with Crippen molar-refractivity contribution in [2.24, 2.45) is 17.0 Å². The predicted molar refractivity (Wildman–Crippen MR) is 107 cm³/mol. The smallest absolute Gasteiger partial charge is 0.265 e. The lowest BCUT2D eigenvalue weighted by molar-refractivity contribution is -0.118. The first-order valence-corrected chi connectivity index (χ1v) is 9.41. The second-order valence-electron chi connectivity index (χ2n) is 8.21. The maximum atomic E-state index is 14.1. The summed E-state index contributed by atoms with van der Waals surface area (Å²) in [6.07, 6.45) is 2.08. The summed E-state index contributed by atoms with van der Waals surface area (Å²) < 4.78 is 14.1. The molecule has 1 aromatic carbocycles. The van der Waals surface area contributed by atoms with Crippen molar-refractivity contribution in [3.63, 3.8) is 0 Å². The number of aromatic amines is 1. The third-order valence-corrected chi connectivity index (χ3v) is 5.43. The van der Waals surface area contributed by atoms with Crippen LogP contribution in [0.3, 0.4) is 0 Å². The van der Waals surface area contributed by atoms with E-state index in [0.29, 0.717) is 23.3 Å². The molecular formula is C20H22FN7O2. The van der Waals surface area contributed by atoms with Crippen LogP contribution < -0.4 is 21.9 Å². The van der Waals surface area contributed by atoms with Crippen molar-refractivity contribution in [2.45, 2.75) is 32.6 Å². The molecule has 30 heavy (non-hydrogen) atoms. The number of rotatable bonds is 3. The van der Waals surface area contributed by atoms with E-state index in [-0.39, 0.29) is 35.0 Å². The molecule has 0 saturated heterocycles. The molecule has 0 bridgehead atoms. The Hall–Kier alpha value is -3.53. The second kappa shape index (κ2) is 7.06. The number of Topliss-reactive ketones (excluding diaryl/α,β-unsaturated/α-hetero) is 1. The van der Waals surface area contributed by atoms with Crippen molar-refractivity contribution in [1.82, 2.24) is 20.6 Å². The number of hydrogen-bond acceptors (Lipinski definition) is 7. The standard InChI is InChI=1S/C20H22FN7O2/c1-20(2)7-12-15(13(29)8-20)14(10-4-3-5-11(21)6-10)16(18(30)26-23)17(22)28(12)19-24-9-25-27-19/h3-6,9,14H,7-8,22-23H2,1-2H3,(H,26,30)(H,24,25,27). The summed E-state index contributed by atoms with van der Waals surface area (Å²) in [7, 11) is 0. The number of ketones is 1. The van der Waals surface area contributed by atoms with Crippen LogP contribution in [-0.4, -0.2) is 26.9 Å². The van der Waals surface area contributed by atoms with Crippen molar-refractivity contribution in [1.29, 1.82) is 0 Å². The number of carbonyl (C=O) groups excluding carboxylic acids is 2. The average molecular weight is 411 g/mol. The fourth-order valence-electron chi connectivity index (χ4n) is 4.28. The highest BCUT2D eigenvalue weighted by Crippen LogP contribution is 2.49. The highest BCUT2D eigenvalue weighted by molar-refractivity contribution is 6.06. The minimum atomic E-state index is -0.859. The molecule has 156 valence electrons. The maximum absolute atomic E-state index is 14.1. The topological polar surface area (TPSA) is 143 Å². The Balaban J connectivity index is 2.03. The highest BCUT2D eigenvalue weighted by atomic mass is 19.1. The first-order chi connectivity index (χ1) is 14.2. The van der Waals surface area contributed by atoms with Crippen LogP contribution >= 0.6 is 0 Å². The number of halogens is 1. The molecule has 0 saturated carbocycles. The summed E-state index contributed by atoms with van der Waals surface area (Å²) in [6, 6.07) is 5.78. The molecule has 0 spiro atoms. The molecule has 4 rings (SSSR count). The molecule has 1 amide bonds. The van der Waals surface area contributed by atoms with E-state index in [9.17, 15) is 14.0 Å². The molecular weight excluding hydrogens is 389 g/mol. The van der Waals surface area contributed by atoms with Crippen LogP contribution in [0.25, 0.3) is 0 Å². The van der Waals surface area contributed by atoms with Crippen molar-refractivity contribution >= 4 is 17.6 Å². The van der Waals surface area contributed by atoms with Crippen LogP contribution in [0, 0.1) is 11.2 Å². The summed E-state index contributed by atoms with van der Waals surface area (Å²) in [5.74, 6) is 3.59. The molecule has 6 N–H and O–H groups in total. The van der Waals surface area contributed by atoms with Crippen molar-refractivity contribution in [3.05, 3.63) is 64.6 Å². The third kappa shape index (κ3) is 3.14. The fraction of sp³-hybridized carbons (Fsp3) is 0.300. The van der Waals surface area contributed by atoms with Gasteiger partial charge in [0.25, 0.3) is 5.91 Å². The van der Waals surface area contributed by atoms with Gasteiger partial charge in [0.05, 0.1) is 5.57 Å². The van der Waals surface area contributed by atoms with Crippen LogP contribution in [-0.2, 0) is 9.59 Å². The summed E-state index contributed by atoms with van der Waals surface area (Å²) in [4.78, 5) is 31.8. The number of benzene rings is 1. The summed E-state index contributed by atoms with van der Waals surface area (Å²) in [6.45, 7) is 3.96.